The smallest absolute Gasteiger partial charge is 0.183 e. The average molecular weight is 251 g/mol. The minimum atomic E-state index is -3.32. The van der Waals surface area contributed by atoms with Crippen LogP contribution >= 0.6 is 0 Å². The van der Waals surface area contributed by atoms with Gasteiger partial charge in [0.25, 0.3) is 0 Å². The zero-order valence-corrected chi connectivity index (χ0v) is 10.5. The number of hydrogen-bond donors (Lipinski definition) is 0. The molecule has 0 aliphatic rings. The average Bonchev–Trinajstić information content (AvgIpc) is 2.73. The molecule has 0 N–H and O–H groups in total. The van der Waals surface area contributed by atoms with Gasteiger partial charge in [0.15, 0.2) is 15.6 Å². The van der Waals surface area contributed by atoms with Gasteiger partial charge in [-0.05, 0) is 6.92 Å². The molecular weight excluding hydrogens is 238 g/mol. The van der Waals surface area contributed by atoms with Gasteiger partial charge in [0.2, 0.25) is 0 Å². The first-order chi connectivity index (χ1) is 8.06. The predicted molar refractivity (Wildman–Crippen MR) is 64.4 cm³/mol. The van der Waals surface area contributed by atoms with Crippen molar-refractivity contribution in [2.45, 2.75) is 18.7 Å². The largest absolute Gasteiger partial charge is 0.360 e. The van der Waals surface area contributed by atoms with Crippen LogP contribution in [0.3, 0.4) is 0 Å². The molecule has 0 bridgehead atoms. The highest BCUT2D eigenvalue weighted by atomic mass is 32.2. The summed E-state index contributed by atoms with van der Waals surface area (Å²) in [7, 11) is -3.32. The van der Waals surface area contributed by atoms with E-state index in [1.807, 2.05) is 30.3 Å². The summed E-state index contributed by atoms with van der Waals surface area (Å²) < 4.78 is 29.0. The molecule has 0 radical (unpaired) electrons. The maximum absolute atomic E-state index is 12.0. The fourth-order valence-corrected chi connectivity index (χ4v) is 2.87. The van der Waals surface area contributed by atoms with Gasteiger partial charge in [-0.25, -0.2) is 8.42 Å². The Bertz CT molecular complexity index is 614. The van der Waals surface area contributed by atoms with Crippen molar-refractivity contribution < 1.29 is 12.9 Å². The standard InChI is InChI=1S/C12H13NO3S/c1-3-17(14,15)12-9(2)16-13-11(12)10-7-5-4-6-8-10/h4-8H,3H2,1-2H3. The topological polar surface area (TPSA) is 60.2 Å². The SMILES string of the molecule is CCS(=O)(=O)c1c(-c2ccccc2)noc1C. The number of benzene rings is 1. The molecule has 0 atom stereocenters. The second kappa shape index (κ2) is 4.33. The van der Waals surface area contributed by atoms with Crippen LogP contribution in [0.1, 0.15) is 12.7 Å². The molecule has 90 valence electrons. The molecular formula is C12H13NO3S. The number of hydrogen-bond acceptors (Lipinski definition) is 4. The van der Waals surface area contributed by atoms with Crippen molar-refractivity contribution in [1.29, 1.82) is 0 Å². The molecule has 17 heavy (non-hydrogen) atoms. The highest BCUT2D eigenvalue weighted by Gasteiger charge is 2.25. The molecule has 0 amide bonds. The second-order valence-electron chi connectivity index (χ2n) is 3.69. The van der Waals surface area contributed by atoms with Crippen LogP contribution in [0.25, 0.3) is 11.3 Å². The Morgan fingerprint density at radius 2 is 1.88 bits per heavy atom. The quantitative estimate of drug-likeness (QED) is 0.840. The minimum absolute atomic E-state index is 0.0366. The first kappa shape index (κ1) is 11.9. The Morgan fingerprint density at radius 1 is 1.24 bits per heavy atom. The predicted octanol–water partition coefficient (Wildman–Crippen LogP) is 2.44. The first-order valence-electron chi connectivity index (χ1n) is 5.30. The summed E-state index contributed by atoms with van der Waals surface area (Å²) in [6.07, 6.45) is 0. The third-order valence-corrected chi connectivity index (χ3v) is 4.41. The van der Waals surface area contributed by atoms with Crippen LogP contribution in [-0.4, -0.2) is 19.3 Å². The molecule has 4 nitrogen and oxygen atoms in total. The zero-order chi connectivity index (χ0) is 12.5. The van der Waals surface area contributed by atoms with Gasteiger partial charge < -0.3 is 4.52 Å². The van der Waals surface area contributed by atoms with E-state index in [2.05, 4.69) is 5.16 Å². The van der Waals surface area contributed by atoms with Crippen molar-refractivity contribution in [2.75, 3.05) is 5.75 Å². The molecule has 0 spiro atoms. The van der Waals surface area contributed by atoms with E-state index in [0.717, 1.165) is 5.56 Å². The van der Waals surface area contributed by atoms with E-state index < -0.39 is 9.84 Å². The van der Waals surface area contributed by atoms with Crippen LogP contribution in [0, 0.1) is 6.92 Å². The van der Waals surface area contributed by atoms with Gasteiger partial charge in [0, 0.05) is 5.56 Å². The van der Waals surface area contributed by atoms with Crippen molar-refractivity contribution in [3.63, 3.8) is 0 Å². The van der Waals surface area contributed by atoms with E-state index in [1.54, 1.807) is 13.8 Å². The normalized spacial score (nSPS) is 11.6. The second-order valence-corrected chi connectivity index (χ2v) is 5.90. The molecule has 5 heteroatoms. The summed E-state index contributed by atoms with van der Waals surface area (Å²) in [4.78, 5) is 0.200. The number of aryl methyl sites for hydroxylation is 1. The lowest BCUT2D eigenvalue weighted by molar-refractivity contribution is 0.396. The van der Waals surface area contributed by atoms with Crippen molar-refractivity contribution in [2.24, 2.45) is 0 Å². The van der Waals surface area contributed by atoms with Gasteiger partial charge in [-0.15, -0.1) is 0 Å². The fraction of sp³-hybridized carbons (Fsp3) is 0.250. The number of rotatable bonds is 3. The molecule has 1 aromatic carbocycles. The number of sulfone groups is 1. The maximum Gasteiger partial charge on any atom is 0.183 e. The van der Waals surface area contributed by atoms with Gasteiger partial charge in [-0.2, -0.15) is 0 Å². The fourth-order valence-electron chi connectivity index (χ4n) is 1.65. The van der Waals surface area contributed by atoms with Gasteiger partial charge in [-0.1, -0.05) is 42.4 Å². The highest BCUT2D eigenvalue weighted by Crippen LogP contribution is 2.29. The Morgan fingerprint density at radius 3 is 2.47 bits per heavy atom. The van der Waals surface area contributed by atoms with Crippen LogP contribution in [0.2, 0.25) is 0 Å². The molecule has 0 saturated carbocycles. The molecule has 0 aliphatic heterocycles. The van der Waals surface area contributed by atoms with E-state index in [-0.39, 0.29) is 10.6 Å². The zero-order valence-electron chi connectivity index (χ0n) is 9.67. The Kier molecular flexibility index (Phi) is 3.02. The maximum atomic E-state index is 12.0. The monoisotopic (exact) mass is 251 g/mol. The Labute approximate surface area is 100 Å². The third-order valence-electron chi connectivity index (χ3n) is 2.55. The summed E-state index contributed by atoms with van der Waals surface area (Å²) in [6.45, 7) is 3.22. The van der Waals surface area contributed by atoms with E-state index in [1.165, 1.54) is 0 Å². The molecule has 1 aromatic heterocycles. The van der Waals surface area contributed by atoms with Gasteiger partial charge in [0.1, 0.15) is 10.6 Å². The Balaban J connectivity index is 2.67. The van der Waals surface area contributed by atoms with Crippen molar-refractivity contribution in [3.05, 3.63) is 36.1 Å². The van der Waals surface area contributed by atoms with Crippen LogP contribution in [0.4, 0.5) is 0 Å². The third kappa shape index (κ3) is 2.10. The van der Waals surface area contributed by atoms with Crippen molar-refractivity contribution in [1.82, 2.24) is 5.16 Å². The highest BCUT2D eigenvalue weighted by molar-refractivity contribution is 7.91. The van der Waals surface area contributed by atoms with Crippen molar-refractivity contribution >= 4 is 9.84 Å². The molecule has 2 aromatic rings. The van der Waals surface area contributed by atoms with E-state index >= 15 is 0 Å². The van der Waals surface area contributed by atoms with Crippen LogP contribution in [0.5, 0.6) is 0 Å². The lowest BCUT2D eigenvalue weighted by Gasteiger charge is -2.02. The van der Waals surface area contributed by atoms with Crippen LogP contribution in [-0.2, 0) is 9.84 Å². The molecule has 0 saturated heterocycles. The summed E-state index contributed by atoms with van der Waals surface area (Å²) in [5, 5.41) is 3.85. The van der Waals surface area contributed by atoms with E-state index in [4.69, 9.17) is 4.52 Å². The first-order valence-corrected chi connectivity index (χ1v) is 6.96. The molecule has 1 heterocycles. The molecule has 0 unspecified atom stereocenters. The lowest BCUT2D eigenvalue weighted by atomic mass is 10.1. The van der Waals surface area contributed by atoms with Gasteiger partial charge in [0.05, 0.1) is 5.75 Å². The molecule has 0 aliphatic carbocycles. The van der Waals surface area contributed by atoms with E-state index in [0.29, 0.717) is 11.5 Å². The summed E-state index contributed by atoms with van der Waals surface area (Å²) in [6, 6.07) is 9.16. The lowest BCUT2D eigenvalue weighted by Crippen LogP contribution is -2.05. The Hall–Kier alpha value is -1.62. The summed E-state index contributed by atoms with van der Waals surface area (Å²) >= 11 is 0. The van der Waals surface area contributed by atoms with E-state index in [9.17, 15) is 8.42 Å². The summed E-state index contributed by atoms with van der Waals surface area (Å²) in [5.74, 6) is 0.375. The van der Waals surface area contributed by atoms with Crippen molar-refractivity contribution in [3.8, 4) is 11.3 Å². The summed E-state index contributed by atoms with van der Waals surface area (Å²) in [5.41, 5.74) is 1.14. The number of nitrogens with zero attached hydrogens (tertiary/aromatic N) is 1. The van der Waals surface area contributed by atoms with Gasteiger partial charge in [-0.3, -0.25) is 0 Å². The molecule has 0 fully saturated rings. The van der Waals surface area contributed by atoms with Crippen LogP contribution < -0.4 is 0 Å². The molecule has 2 rings (SSSR count). The van der Waals surface area contributed by atoms with Gasteiger partial charge >= 0.3 is 0 Å². The number of aromatic nitrogens is 1. The van der Waals surface area contributed by atoms with Crippen LogP contribution in [0.15, 0.2) is 39.8 Å². The minimum Gasteiger partial charge on any atom is -0.360 e.